The second kappa shape index (κ2) is 11.7. The molecule has 0 radical (unpaired) electrons. The summed E-state index contributed by atoms with van der Waals surface area (Å²) in [5.74, 6) is 2.75. The van der Waals surface area contributed by atoms with Crippen LogP contribution in [0.3, 0.4) is 0 Å². The summed E-state index contributed by atoms with van der Waals surface area (Å²) in [6.07, 6.45) is 14.6. The lowest BCUT2D eigenvalue weighted by Gasteiger charge is -2.15. The molecular formula is C32H33N9O2. The molecule has 7 rings (SSSR count). The van der Waals surface area contributed by atoms with Crippen molar-refractivity contribution in [3.8, 4) is 22.6 Å². The quantitative estimate of drug-likeness (QED) is 0.245. The second-order valence-corrected chi connectivity index (χ2v) is 11.3. The zero-order valence-electron chi connectivity index (χ0n) is 23.9. The number of aromatic nitrogens is 7. The summed E-state index contributed by atoms with van der Waals surface area (Å²) in [4.78, 5) is 21.8. The highest BCUT2D eigenvalue weighted by molar-refractivity contribution is 5.61. The SMILES string of the molecule is COc1ccc(Cn2cc(-c3ccc(=O)n(-c4ccc(N[C@H]5CC[C@H](Nc6ncc(C7CC7)nn6)C5)nc4)c3)cn2)cc1. The van der Waals surface area contributed by atoms with E-state index in [1.807, 2.05) is 71.9 Å². The molecule has 0 saturated heterocycles. The summed E-state index contributed by atoms with van der Waals surface area (Å²) in [5, 5.41) is 20.1. The number of ether oxygens (including phenoxy) is 1. The van der Waals surface area contributed by atoms with Crippen molar-refractivity contribution >= 4 is 11.8 Å². The van der Waals surface area contributed by atoms with Crippen LogP contribution in [0.25, 0.3) is 16.8 Å². The fourth-order valence-electron chi connectivity index (χ4n) is 5.54. The molecule has 0 spiro atoms. The summed E-state index contributed by atoms with van der Waals surface area (Å²) in [7, 11) is 1.66. The van der Waals surface area contributed by atoms with Crippen LogP contribution in [0.2, 0.25) is 0 Å². The Labute approximate surface area is 249 Å². The molecule has 4 aromatic heterocycles. The van der Waals surface area contributed by atoms with Crippen molar-refractivity contribution in [1.29, 1.82) is 0 Å². The summed E-state index contributed by atoms with van der Waals surface area (Å²) in [5.41, 5.74) is 4.52. The molecule has 11 heteroatoms. The van der Waals surface area contributed by atoms with Crippen molar-refractivity contribution in [2.45, 2.75) is 56.7 Å². The topological polar surface area (TPSA) is 125 Å². The zero-order valence-corrected chi connectivity index (χ0v) is 23.9. The first kappa shape index (κ1) is 26.8. The molecule has 43 heavy (non-hydrogen) atoms. The monoisotopic (exact) mass is 575 g/mol. The first-order valence-electron chi connectivity index (χ1n) is 14.7. The number of rotatable bonds is 10. The van der Waals surface area contributed by atoms with Gasteiger partial charge in [-0.2, -0.15) is 5.10 Å². The second-order valence-electron chi connectivity index (χ2n) is 11.3. The van der Waals surface area contributed by atoms with Crippen LogP contribution in [0.4, 0.5) is 11.8 Å². The average molecular weight is 576 g/mol. The Morgan fingerprint density at radius 2 is 1.67 bits per heavy atom. The predicted octanol–water partition coefficient (Wildman–Crippen LogP) is 4.66. The molecule has 218 valence electrons. The van der Waals surface area contributed by atoms with Gasteiger partial charge in [-0.1, -0.05) is 12.1 Å². The molecule has 0 unspecified atom stereocenters. The molecule has 2 aliphatic carbocycles. The zero-order chi connectivity index (χ0) is 29.2. The third-order valence-electron chi connectivity index (χ3n) is 8.10. The highest BCUT2D eigenvalue weighted by Crippen LogP contribution is 2.38. The highest BCUT2D eigenvalue weighted by Gasteiger charge is 2.27. The van der Waals surface area contributed by atoms with Crippen LogP contribution in [0.5, 0.6) is 5.75 Å². The molecule has 4 heterocycles. The fraction of sp³-hybridized carbons (Fsp3) is 0.312. The maximum atomic E-state index is 12.8. The van der Waals surface area contributed by atoms with Gasteiger partial charge in [-0.3, -0.25) is 14.0 Å². The van der Waals surface area contributed by atoms with Crippen molar-refractivity contribution in [3.63, 3.8) is 0 Å². The smallest absolute Gasteiger partial charge is 0.255 e. The average Bonchev–Trinajstić information content (AvgIpc) is 3.64. The number of anilines is 2. The van der Waals surface area contributed by atoms with E-state index in [1.54, 1.807) is 23.9 Å². The van der Waals surface area contributed by atoms with Gasteiger partial charge in [-0.15, -0.1) is 10.2 Å². The Morgan fingerprint density at radius 1 is 0.837 bits per heavy atom. The van der Waals surface area contributed by atoms with Gasteiger partial charge in [-0.05, 0) is 68.0 Å². The Hall–Kier alpha value is -5.06. The van der Waals surface area contributed by atoms with E-state index in [1.165, 1.54) is 12.8 Å². The number of nitrogens with one attached hydrogen (secondary N) is 2. The minimum absolute atomic E-state index is 0.122. The first-order chi connectivity index (χ1) is 21.1. The van der Waals surface area contributed by atoms with E-state index in [0.29, 0.717) is 24.1 Å². The lowest BCUT2D eigenvalue weighted by Crippen LogP contribution is -2.22. The van der Waals surface area contributed by atoms with Gasteiger partial charge < -0.3 is 15.4 Å². The molecule has 0 bridgehead atoms. The van der Waals surface area contributed by atoms with Crippen LogP contribution in [0.1, 0.15) is 49.3 Å². The van der Waals surface area contributed by atoms with Crippen molar-refractivity contribution in [2.75, 3.05) is 17.7 Å². The first-order valence-corrected chi connectivity index (χ1v) is 14.7. The van der Waals surface area contributed by atoms with E-state index >= 15 is 0 Å². The van der Waals surface area contributed by atoms with Gasteiger partial charge in [-0.25, -0.2) is 9.97 Å². The molecule has 1 aromatic carbocycles. The summed E-state index contributed by atoms with van der Waals surface area (Å²) >= 11 is 0. The normalized spacial score (nSPS) is 18.0. The number of hydrogen-bond donors (Lipinski definition) is 2. The van der Waals surface area contributed by atoms with Gasteiger partial charge in [0, 0.05) is 47.6 Å². The van der Waals surface area contributed by atoms with Gasteiger partial charge in [0.1, 0.15) is 11.6 Å². The van der Waals surface area contributed by atoms with E-state index in [4.69, 9.17) is 4.74 Å². The lowest BCUT2D eigenvalue weighted by molar-refractivity contribution is 0.414. The van der Waals surface area contributed by atoms with Crippen LogP contribution >= 0.6 is 0 Å². The van der Waals surface area contributed by atoms with Crippen molar-refractivity contribution in [2.24, 2.45) is 0 Å². The molecule has 2 fully saturated rings. The summed E-state index contributed by atoms with van der Waals surface area (Å²) in [6.45, 7) is 0.637. The molecule has 2 aliphatic rings. The summed E-state index contributed by atoms with van der Waals surface area (Å²) < 4.78 is 8.74. The Morgan fingerprint density at radius 3 is 2.40 bits per heavy atom. The van der Waals surface area contributed by atoms with Crippen molar-refractivity contribution < 1.29 is 4.74 Å². The third-order valence-corrected chi connectivity index (χ3v) is 8.10. The molecule has 2 saturated carbocycles. The van der Waals surface area contributed by atoms with Crippen LogP contribution in [-0.4, -0.2) is 53.7 Å². The van der Waals surface area contributed by atoms with Crippen LogP contribution in [-0.2, 0) is 6.54 Å². The van der Waals surface area contributed by atoms with E-state index in [2.05, 4.69) is 35.9 Å². The molecule has 2 N–H and O–H groups in total. The Kier molecular flexibility index (Phi) is 7.28. The van der Waals surface area contributed by atoms with Gasteiger partial charge >= 0.3 is 0 Å². The largest absolute Gasteiger partial charge is 0.497 e. The minimum atomic E-state index is -0.122. The van der Waals surface area contributed by atoms with Crippen molar-refractivity contribution in [3.05, 3.63) is 101 Å². The number of methoxy groups -OCH3 is 1. The molecule has 0 aliphatic heterocycles. The number of hydrogen-bond acceptors (Lipinski definition) is 9. The van der Waals surface area contributed by atoms with Crippen LogP contribution in [0, 0.1) is 0 Å². The maximum absolute atomic E-state index is 12.8. The van der Waals surface area contributed by atoms with E-state index in [0.717, 1.165) is 53.2 Å². The minimum Gasteiger partial charge on any atom is -0.497 e. The predicted molar refractivity (Wildman–Crippen MR) is 164 cm³/mol. The van der Waals surface area contributed by atoms with Crippen molar-refractivity contribution in [1.82, 2.24) is 34.5 Å². The molecule has 5 aromatic rings. The summed E-state index contributed by atoms with van der Waals surface area (Å²) in [6, 6.07) is 15.7. The van der Waals surface area contributed by atoms with Gasteiger partial charge in [0.25, 0.3) is 5.56 Å². The Bertz CT molecular complexity index is 1740. The fourth-order valence-corrected chi connectivity index (χ4v) is 5.54. The van der Waals surface area contributed by atoms with Crippen LogP contribution in [0.15, 0.2) is 84.3 Å². The van der Waals surface area contributed by atoms with E-state index < -0.39 is 0 Å². The van der Waals surface area contributed by atoms with Gasteiger partial charge in [0.2, 0.25) is 5.95 Å². The van der Waals surface area contributed by atoms with E-state index in [9.17, 15) is 4.79 Å². The highest BCUT2D eigenvalue weighted by atomic mass is 16.5. The third kappa shape index (κ3) is 6.25. The van der Waals surface area contributed by atoms with E-state index in [-0.39, 0.29) is 17.6 Å². The number of benzene rings is 1. The molecule has 0 amide bonds. The van der Waals surface area contributed by atoms with Gasteiger partial charge in [0.15, 0.2) is 0 Å². The van der Waals surface area contributed by atoms with Gasteiger partial charge in [0.05, 0.1) is 43.6 Å². The standard InChI is InChI=1S/C32H33N9O2/c1-43-28-10-2-21(3-11-28)18-40-19-24(15-35-40)23-6-13-31(42)41(20-23)27-9-12-30(33-16-27)36-25-7-8-26(14-25)37-32-34-17-29(38-39-32)22-4-5-22/h2-3,6,9-13,15-17,19-20,22,25-26H,4-5,7-8,14,18H2,1H3,(H,33,36)(H,34,37,39)/t25-,26-/m0/s1. The number of nitrogens with zero attached hydrogens (tertiary/aromatic N) is 7. The molecular weight excluding hydrogens is 542 g/mol. The molecule has 11 nitrogen and oxygen atoms in total. The Balaban J connectivity index is 0.973. The number of pyridine rings is 2. The lowest BCUT2D eigenvalue weighted by atomic mass is 10.1. The molecule has 2 atom stereocenters. The van der Waals surface area contributed by atoms with Crippen LogP contribution < -0.4 is 20.9 Å². The maximum Gasteiger partial charge on any atom is 0.255 e.